The SMILES string of the molecule is CCn1c(C2=C([C@H](C)OC)N=CCC2)c2c3cc(ccc31)-c1cc(O)cc(c1)C[C@H](NC(=O)[C@H](C1CCCC1)N(C)C(=O)CN(C)C(=O)[C@H]1N[C@H]1C1(C#N)CC1)C(=O)N1CCC[C@H](N1)C(=O)OCC(C)(C)C2. The molecule has 2 saturated heterocycles. The normalized spacial score (nSPS) is 24.7. The smallest absolute Gasteiger partial charge is 0.324 e. The minimum atomic E-state index is -1.18. The Labute approximate surface area is 422 Å². The Morgan fingerprint density at radius 3 is 2.54 bits per heavy atom. The van der Waals surface area contributed by atoms with Gasteiger partial charge in [-0.2, -0.15) is 5.26 Å². The first kappa shape index (κ1) is 50.8. The Bertz CT molecular complexity index is 2740. The quantitative estimate of drug-likeness (QED) is 0.133. The van der Waals surface area contributed by atoms with Gasteiger partial charge in [0.05, 0.1) is 48.2 Å². The van der Waals surface area contributed by atoms with Crippen LogP contribution in [0.5, 0.6) is 5.75 Å². The Morgan fingerprint density at radius 2 is 1.83 bits per heavy atom. The molecular formula is C55H71N9O8. The number of hydrazine groups is 1. The Morgan fingerprint density at radius 1 is 1.07 bits per heavy atom. The van der Waals surface area contributed by atoms with Crippen LogP contribution in [0.4, 0.5) is 0 Å². The van der Waals surface area contributed by atoms with Crippen molar-refractivity contribution in [3.8, 4) is 22.9 Å². The highest BCUT2D eigenvalue weighted by molar-refractivity contribution is 5.96. The molecule has 6 aliphatic rings. The number of fused-ring (bicyclic) bond motifs is 6. The minimum absolute atomic E-state index is 0.00880. The third-order valence-electron chi connectivity index (χ3n) is 16.1. The number of aryl methyl sites for hydroxylation is 1. The van der Waals surface area contributed by atoms with Crippen LogP contribution in [0.25, 0.3) is 27.6 Å². The first-order chi connectivity index (χ1) is 34.5. The van der Waals surface area contributed by atoms with Gasteiger partial charge < -0.3 is 34.3 Å². The van der Waals surface area contributed by atoms with Crippen LogP contribution in [-0.2, 0) is 52.8 Å². The average molecular weight is 986 g/mol. The fraction of sp³-hybridized carbons (Fsp3) is 0.582. The van der Waals surface area contributed by atoms with Crippen LogP contribution >= 0.6 is 0 Å². The maximum atomic E-state index is 14.9. The highest BCUT2D eigenvalue weighted by Gasteiger charge is 2.63. The van der Waals surface area contributed by atoms with Gasteiger partial charge in [-0.05, 0) is 124 Å². The number of phenolic OH excluding ortho intramolecular Hbond substituents is 1. The maximum Gasteiger partial charge on any atom is 0.324 e. The van der Waals surface area contributed by atoms with Gasteiger partial charge in [-0.25, -0.2) is 5.43 Å². The Balaban J connectivity index is 1.07. The van der Waals surface area contributed by atoms with E-state index >= 15 is 0 Å². The van der Waals surface area contributed by atoms with Crippen molar-refractivity contribution >= 4 is 52.3 Å². The average Bonchev–Trinajstić information content (AvgIpc) is 4.28. The molecule has 17 nitrogen and oxygen atoms in total. The predicted octanol–water partition coefficient (Wildman–Crippen LogP) is 5.41. The monoisotopic (exact) mass is 986 g/mol. The zero-order valence-corrected chi connectivity index (χ0v) is 42.9. The van der Waals surface area contributed by atoms with E-state index in [4.69, 9.17) is 14.5 Å². The van der Waals surface area contributed by atoms with E-state index in [1.54, 1.807) is 33.3 Å². The molecule has 384 valence electrons. The number of cyclic esters (lactones) is 1. The number of esters is 1. The number of nitriles is 1. The van der Waals surface area contributed by atoms with Crippen molar-refractivity contribution in [2.75, 3.05) is 40.9 Å². The van der Waals surface area contributed by atoms with Gasteiger partial charge >= 0.3 is 5.97 Å². The van der Waals surface area contributed by atoms with Gasteiger partial charge in [0.15, 0.2) is 0 Å². The number of aromatic hydroxyl groups is 1. The molecule has 2 aliphatic carbocycles. The molecule has 17 heteroatoms. The van der Waals surface area contributed by atoms with Crippen LogP contribution in [0.15, 0.2) is 47.1 Å². The summed E-state index contributed by atoms with van der Waals surface area (Å²) in [6, 6.07) is 10.2. The molecule has 72 heavy (non-hydrogen) atoms. The number of nitrogens with zero attached hydrogens (tertiary/aromatic N) is 6. The van der Waals surface area contributed by atoms with E-state index in [2.05, 4.69) is 59.6 Å². The predicted molar refractivity (Wildman–Crippen MR) is 272 cm³/mol. The summed E-state index contributed by atoms with van der Waals surface area (Å²) >= 11 is 0. The molecule has 1 aromatic heterocycles. The van der Waals surface area contributed by atoms with Gasteiger partial charge in [0, 0.05) is 68.8 Å². The van der Waals surface area contributed by atoms with Gasteiger partial charge in [0.1, 0.15) is 29.9 Å². The highest BCUT2D eigenvalue weighted by Crippen LogP contribution is 2.53. The van der Waals surface area contributed by atoms with Crippen molar-refractivity contribution in [1.29, 1.82) is 5.26 Å². The van der Waals surface area contributed by atoms with Crippen LogP contribution in [0.1, 0.15) is 109 Å². The van der Waals surface area contributed by atoms with E-state index in [1.165, 1.54) is 14.8 Å². The van der Waals surface area contributed by atoms with Gasteiger partial charge in [0.2, 0.25) is 17.7 Å². The third-order valence-corrected chi connectivity index (χ3v) is 16.1. The number of likely N-dealkylation sites (N-methyl/N-ethyl adjacent to an activating group) is 2. The second kappa shape index (κ2) is 20.4. The molecule has 4 fully saturated rings. The summed E-state index contributed by atoms with van der Waals surface area (Å²) in [7, 11) is 4.83. The van der Waals surface area contributed by atoms with Crippen molar-refractivity contribution in [2.24, 2.45) is 21.7 Å². The minimum Gasteiger partial charge on any atom is -0.508 e. The molecule has 4 aliphatic heterocycles. The zero-order chi connectivity index (χ0) is 51.2. The molecule has 6 bridgehead atoms. The number of benzene rings is 2. The van der Waals surface area contributed by atoms with Crippen LogP contribution in [0, 0.1) is 28.1 Å². The van der Waals surface area contributed by atoms with Crippen molar-refractivity contribution in [3.63, 3.8) is 0 Å². The number of rotatable bonds is 12. The van der Waals surface area contributed by atoms with Gasteiger partial charge in [-0.15, -0.1) is 0 Å². The molecular weight excluding hydrogens is 915 g/mol. The molecule has 4 amide bonds. The standard InChI is InChI=1S/C55H71N9O8/c1-8-63-43-18-17-35-27-39(43)40(48(63)38-15-11-21-57-45(38)32(2)71-7)28-54(3,4)31-72-53(70)41-16-12-22-64(60-41)51(68)42(25-33-23-36(35)26-37(65)24-33)58-50(67)47(34-13-9-10-14-34)62(6)44(66)29-61(5)52(69)46-49(59-46)55(30-56)19-20-55/h17-18,21,23-24,26-27,32,34,41-42,46-47,49,59-60,65H,8-16,19-20,22,25,28-29,31H2,1-7H3,(H,58,67)/t32-,41-,42-,46-,47-,49+/m0/s1. The number of amides is 4. The van der Waals surface area contributed by atoms with Crippen LogP contribution in [0.3, 0.4) is 0 Å². The van der Waals surface area contributed by atoms with Crippen molar-refractivity contribution in [1.82, 2.24) is 35.4 Å². The second-order valence-corrected chi connectivity index (χ2v) is 21.9. The number of aromatic nitrogens is 1. The zero-order valence-electron chi connectivity index (χ0n) is 42.9. The van der Waals surface area contributed by atoms with E-state index in [0.717, 1.165) is 83.1 Å². The molecule has 4 N–H and O–H groups in total. The summed E-state index contributed by atoms with van der Waals surface area (Å²) < 4.78 is 14.4. The summed E-state index contributed by atoms with van der Waals surface area (Å²) in [5.74, 6) is -2.37. The third kappa shape index (κ3) is 10.1. The number of methoxy groups -OCH3 is 1. The first-order valence-corrected chi connectivity index (χ1v) is 26.0. The molecule has 0 spiro atoms. The lowest BCUT2D eigenvalue weighted by molar-refractivity contribution is -0.155. The lowest BCUT2D eigenvalue weighted by Gasteiger charge is -2.37. The largest absolute Gasteiger partial charge is 0.508 e. The summed E-state index contributed by atoms with van der Waals surface area (Å²) in [6.07, 6.45) is 9.41. The van der Waals surface area contributed by atoms with E-state index in [1.807, 2.05) is 25.3 Å². The van der Waals surface area contributed by atoms with Crippen molar-refractivity contribution < 1.29 is 38.6 Å². The van der Waals surface area contributed by atoms with Gasteiger partial charge in [0.25, 0.3) is 5.91 Å². The molecule has 5 heterocycles. The Kier molecular flexibility index (Phi) is 14.4. The number of ether oxygens (including phenoxy) is 2. The van der Waals surface area contributed by atoms with Gasteiger partial charge in [-0.1, -0.05) is 38.8 Å². The molecule has 9 rings (SSSR count). The summed E-state index contributed by atoms with van der Waals surface area (Å²) in [5.41, 5.74) is 9.49. The topological polar surface area (TPSA) is 221 Å². The van der Waals surface area contributed by atoms with Crippen molar-refractivity contribution in [3.05, 3.63) is 58.9 Å². The fourth-order valence-corrected chi connectivity index (χ4v) is 11.8. The van der Waals surface area contributed by atoms with E-state index in [0.29, 0.717) is 44.2 Å². The molecule has 0 unspecified atom stereocenters. The van der Waals surface area contributed by atoms with Crippen LogP contribution in [-0.4, -0.2) is 138 Å². The molecule has 6 atom stereocenters. The summed E-state index contributed by atoms with van der Waals surface area (Å²) in [6.45, 7) is 9.14. The number of nitrogens with one attached hydrogen (secondary N) is 3. The summed E-state index contributed by atoms with van der Waals surface area (Å²) in [5, 5.41) is 29.7. The molecule has 2 saturated carbocycles. The van der Waals surface area contributed by atoms with E-state index < -0.39 is 58.7 Å². The number of allylic oxidation sites excluding steroid dienone is 1. The van der Waals surface area contributed by atoms with E-state index in [9.17, 15) is 34.3 Å². The second-order valence-electron chi connectivity index (χ2n) is 21.9. The lowest BCUT2D eigenvalue weighted by atomic mass is 9.83. The van der Waals surface area contributed by atoms with Crippen LogP contribution < -0.4 is 16.1 Å². The summed E-state index contributed by atoms with van der Waals surface area (Å²) in [4.78, 5) is 79.1. The Hall–Kier alpha value is -6.09. The fourth-order valence-electron chi connectivity index (χ4n) is 11.8. The first-order valence-electron chi connectivity index (χ1n) is 26.0. The number of carbonyl (C=O) groups is 5. The highest BCUT2D eigenvalue weighted by atomic mass is 16.5. The van der Waals surface area contributed by atoms with Gasteiger partial charge in [-0.3, -0.25) is 39.3 Å². The van der Waals surface area contributed by atoms with E-state index in [-0.39, 0.29) is 55.8 Å². The molecule has 0 radical (unpaired) electrons. The van der Waals surface area contributed by atoms with Crippen molar-refractivity contribution in [2.45, 2.75) is 148 Å². The molecule has 2 aromatic carbocycles. The number of carbonyl (C=O) groups excluding carboxylic acids is 5. The van der Waals surface area contributed by atoms with Crippen LogP contribution in [0.2, 0.25) is 0 Å². The lowest BCUT2D eigenvalue weighted by Crippen LogP contribution is -2.62. The molecule has 3 aromatic rings. The number of hydrogen-bond donors (Lipinski definition) is 4. The maximum absolute atomic E-state index is 14.9. The number of phenols is 1. The number of aliphatic imine (C=N–C) groups is 1. The number of hydrogen-bond acceptors (Lipinski definition) is 12.